The summed E-state index contributed by atoms with van der Waals surface area (Å²) in [5, 5.41) is 8.89. The number of alkyl carbamates (subject to hydrolysis) is 1. The molecule has 4 N–H and O–H groups in total. The molecule has 0 spiro atoms. The number of carbonyl (C=O) groups is 3. The Morgan fingerprint density at radius 2 is 1.71 bits per heavy atom. The molecule has 2 aromatic rings. The van der Waals surface area contributed by atoms with E-state index in [9.17, 15) is 14.4 Å². The molecule has 2 unspecified atom stereocenters. The lowest BCUT2D eigenvalue weighted by Gasteiger charge is -2.22. The van der Waals surface area contributed by atoms with Gasteiger partial charge in [0.2, 0.25) is 11.8 Å². The topological polar surface area (TPSA) is 112 Å². The highest BCUT2D eigenvalue weighted by Gasteiger charge is 2.23. The van der Waals surface area contributed by atoms with Crippen LogP contribution in [0.3, 0.4) is 0 Å². The van der Waals surface area contributed by atoms with Crippen molar-refractivity contribution in [2.75, 3.05) is 0 Å². The maximum Gasteiger partial charge on any atom is 0.408 e. The number of benzene rings is 1. The van der Waals surface area contributed by atoms with Crippen LogP contribution in [0.4, 0.5) is 4.79 Å². The molecule has 8 heteroatoms. The highest BCUT2D eigenvalue weighted by Crippen LogP contribution is 2.17. The first-order valence-electron chi connectivity index (χ1n) is 9.19. The molecule has 0 aliphatic carbocycles. The molecule has 0 fully saturated rings. The molecule has 0 bridgehead atoms. The minimum atomic E-state index is -0.835. The summed E-state index contributed by atoms with van der Waals surface area (Å²) in [6.45, 7) is 8.66. The Morgan fingerprint density at radius 1 is 1.04 bits per heavy atom. The number of rotatable bonds is 6. The van der Waals surface area contributed by atoms with Crippen LogP contribution in [-0.2, 0) is 20.9 Å². The Kier molecular flexibility index (Phi) is 6.66. The SMILES string of the molecule is CC(NC(=O)OC(C)(C)C)C(=O)NC(C)C(=O)NCc1cccc2[nH]ccc12. The summed E-state index contributed by atoms with van der Waals surface area (Å²) in [5.41, 5.74) is 1.32. The summed E-state index contributed by atoms with van der Waals surface area (Å²) in [4.78, 5) is 39.4. The number of nitrogens with one attached hydrogen (secondary N) is 4. The Bertz CT molecular complexity index is 853. The molecule has 152 valence electrons. The summed E-state index contributed by atoms with van der Waals surface area (Å²) in [6.07, 6.45) is 1.16. The average molecular weight is 388 g/mol. The van der Waals surface area contributed by atoms with Gasteiger partial charge in [-0.25, -0.2) is 4.79 Å². The van der Waals surface area contributed by atoms with Gasteiger partial charge in [0.15, 0.2) is 0 Å². The van der Waals surface area contributed by atoms with Crippen LogP contribution < -0.4 is 16.0 Å². The summed E-state index contributed by atoms with van der Waals surface area (Å²) < 4.78 is 5.12. The Balaban J connectivity index is 1.83. The molecule has 1 aromatic heterocycles. The quantitative estimate of drug-likeness (QED) is 0.608. The Labute approximate surface area is 164 Å². The molecule has 0 aliphatic heterocycles. The molecule has 2 atom stereocenters. The molecular weight excluding hydrogens is 360 g/mol. The zero-order valence-corrected chi connectivity index (χ0v) is 16.9. The Hall–Kier alpha value is -3.03. The van der Waals surface area contributed by atoms with Crippen molar-refractivity contribution in [1.82, 2.24) is 20.9 Å². The van der Waals surface area contributed by atoms with E-state index in [0.717, 1.165) is 16.5 Å². The highest BCUT2D eigenvalue weighted by molar-refractivity contribution is 5.91. The molecule has 1 heterocycles. The predicted molar refractivity (Wildman–Crippen MR) is 107 cm³/mol. The van der Waals surface area contributed by atoms with E-state index in [4.69, 9.17) is 4.74 Å². The van der Waals surface area contributed by atoms with Crippen molar-refractivity contribution in [1.29, 1.82) is 0 Å². The van der Waals surface area contributed by atoms with Crippen LogP contribution in [0.2, 0.25) is 0 Å². The van der Waals surface area contributed by atoms with Crippen molar-refractivity contribution in [3.8, 4) is 0 Å². The molecule has 0 saturated carbocycles. The van der Waals surface area contributed by atoms with E-state index in [-0.39, 0.29) is 5.91 Å². The second-order valence-corrected chi connectivity index (χ2v) is 7.67. The van der Waals surface area contributed by atoms with Gasteiger partial charge in [-0.2, -0.15) is 0 Å². The lowest BCUT2D eigenvalue weighted by molar-refractivity contribution is -0.129. The van der Waals surface area contributed by atoms with Crippen LogP contribution in [0.15, 0.2) is 30.5 Å². The van der Waals surface area contributed by atoms with Gasteiger partial charge in [0.05, 0.1) is 0 Å². The van der Waals surface area contributed by atoms with Crippen LogP contribution in [0.25, 0.3) is 10.9 Å². The van der Waals surface area contributed by atoms with Gasteiger partial charge in [-0.05, 0) is 52.3 Å². The first-order valence-corrected chi connectivity index (χ1v) is 9.19. The molecular formula is C20H28N4O4. The molecule has 8 nitrogen and oxygen atoms in total. The van der Waals surface area contributed by atoms with Gasteiger partial charge in [-0.3, -0.25) is 9.59 Å². The minimum absolute atomic E-state index is 0.314. The highest BCUT2D eigenvalue weighted by atomic mass is 16.6. The second kappa shape index (κ2) is 8.77. The zero-order chi connectivity index (χ0) is 20.9. The van der Waals surface area contributed by atoms with Gasteiger partial charge in [-0.1, -0.05) is 12.1 Å². The van der Waals surface area contributed by atoms with Crippen LogP contribution in [0.1, 0.15) is 40.2 Å². The lowest BCUT2D eigenvalue weighted by Crippen LogP contribution is -2.52. The van der Waals surface area contributed by atoms with Crippen molar-refractivity contribution >= 4 is 28.8 Å². The second-order valence-electron chi connectivity index (χ2n) is 7.67. The minimum Gasteiger partial charge on any atom is -0.444 e. The van der Waals surface area contributed by atoms with Gasteiger partial charge in [0.1, 0.15) is 17.7 Å². The van der Waals surface area contributed by atoms with E-state index in [1.165, 1.54) is 6.92 Å². The van der Waals surface area contributed by atoms with Gasteiger partial charge in [0.25, 0.3) is 0 Å². The van der Waals surface area contributed by atoms with Crippen molar-refractivity contribution in [3.63, 3.8) is 0 Å². The first kappa shape index (κ1) is 21.3. The van der Waals surface area contributed by atoms with Gasteiger partial charge < -0.3 is 25.7 Å². The zero-order valence-electron chi connectivity index (χ0n) is 16.9. The van der Waals surface area contributed by atoms with Crippen molar-refractivity contribution in [2.45, 2.75) is 58.8 Å². The molecule has 2 rings (SSSR count). The monoisotopic (exact) mass is 388 g/mol. The fourth-order valence-corrected chi connectivity index (χ4v) is 2.59. The fraction of sp³-hybridized carbons (Fsp3) is 0.450. The van der Waals surface area contributed by atoms with Crippen molar-refractivity contribution in [3.05, 3.63) is 36.0 Å². The van der Waals surface area contributed by atoms with E-state index in [1.54, 1.807) is 27.7 Å². The number of carbonyl (C=O) groups excluding carboxylic acids is 3. The molecule has 3 amide bonds. The first-order chi connectivity index (χ1) is 13.1. The van der Waals surface area contributed by atoms with E-state index in [2.05, 4.69) is 20.9 Å². The molecule has 1 aromatic carbocycles. The number of fused-ring (bicyclic) bond motifs is 1. The van der Waals surface area contributed by atoms with Crippen molar-refractivity contribution in [2.24, 2.45) is 0 Å². The summed E-state index contributed by atoms with van der Waals surface area (Å²) in [7, 11) is 0. The van der Waals surface area contributed by atoms with E-state index in [1.807, 2.05) is 30.5 Å². The largest absolute Gasteiger partial charge is 0.444 e. The maximum atomic E-state index is 12.3. The Morgan fingerprint density at radius 3 is 2.39 bits per heavy atom. The average Bonchev–Trinajstić information content (AvgIpc) is 3.06. The summed E-state index contributed by atoms with van der Waals surface area (Å²) >= 11 is 0. The van der Waals surface area contributed by atoms with Crippen LogP contribution in [0, 0.1) is 0 Å². The third-order valence-corrected chi connectivity index (χ3v) is 4.02. The molecule has 0 saturated heterocycles. The number of amides is 3. The van der Waals surface area contributed by atoms with Crippen LogP contribution in [0.5, 0.6) is 0 Å². The van der Waals surface area contributed by atoms with Crippen LogP contribution >= 0.6 is 0 Å². The number of aromatic amines is 1. The number of ether oxygens (including phenoxy) is 1. The number of hydrogen-bond acceptors (Lipinski definition) is 4. The molecule has 28 heavy (non-hydrogen) atoms. The summed E-state index contributed by atoms with van der Waals surface area (Å²) in [6, 6.07) is 6.18. The number of aromatic nitrogens is 1. The normalized spacial score (nSPS) is 13.5. The molecule has 0 aliphatic rings. The van der Waals surface area contributed by atoms with Gasteiger partial charge in [0, 0.05) is 23.6 Å². The van der Waals surface area contributed by atoms with Gasteiger partial charge >= 0.3 is 6.09 Å². The lowest BCUT2D eigenvalue weighted by atomic mass is 10.1. The van der Waals surface area contributed by atoms with Gasteiger partial charge in [-0.15, -0.1) is 0 Å². The van der Waals surface area contributed by atoms with Crippen molar-refractivity contribution < 1.29 is 19.1 Å². The smallest absolute Gasteiger partial charge is 0.408 e. The van der Waals surface area contributed by atoms with Crippen LogP contribution in [-0.4, -0.2) is 40.6 Å². The number of H-pyrrole nitrogens is 1. The maximum absolute atomic E-state index is 12.3. The van der Waals surface area contributed by atoms with E-state index < -0.39 is 29.7 Å². The third kappa shape index (κ3) is 6.00. The predicted octanol–water partition coefficient (Wildman–Crippen LogP) is 2.20. The van der Waals surface area contributed by atoms with E-state index in [0.29, 0.717) is 6.54 Å². The standard InChI is InChI=1S/C20H28N4O4/c1-12(23-18(26)13(2)24-19(27)28-20(3,4)5)17(25)22-11-14-7-6-8-16-15(14)9-10-21-16/h6-10,12-13,21H,11H2,1-5H3,(H,22,25)(H,23,26)(H,24,27). The van der Waals surface area contributed by atoms with E-state index >= 15 is 0 Å². The molecule has 0 radical (unpaired) electrons. The fourth-order valence-electron chi connectivity index (χ4n) is 2.59. The summed E-state index contributed by atoms with van der Waals surface area (Å²) in [5.74, 6) is -0.786. The number of hydrogen-bond donors (Lipinski definition) is 4. The third-order valence-electron chi connectivity index (χ3n) is 4.02.